The Morgan fingerprint density at radius 3 is 2.05 bits per heavy atom. The average molecular weight is 266 g/mol. The van der Waals surface area contributed by atoms with E-state index in [1.165, 1.54) is 0 Å². The average Bonchev–Trinajstić information content (AvgIpc) is 2.52. The molecule has 0 aromatic heterocycles. The molecular weight excluding hydrogens is 252 g/mol. The van der Waals surface area contributed by atoms with Crippen LogP contribution in [0.2, 0.25) is 0 Å². The van der Waals surface area contributed by atoms with E-state index < -0.39 is 5.97 Å². The summed E-state index contributed by atoms with van der Waals surface area (Å²) in [5.41, 5.74) is 10.7. The van der Waals surface area contributed by atoms with Crippen LogP contribution in [0.5, 0.6) is 0 Å². The van der Waals surface area contributed by atoms with E-state index >= 15 is 0 Å². The van der Waals surface area contributed by atoms with Crippen molar-refractivity contribution in [3.63, 3.8) is 0 Å². The van der Waals surface area contributed by atoms with Gasteiger partial charge in [-0.3, -0.25) is 0 Å². The Labute approximate surface area is 117 Å². The van der Waals surface area contributed by atoms with Crippen molar-refractivity contribution in [3.8, 4) is 0 Å². The molecule has 0 amide bonds. The highest BCUT2D eigenvalue weighted by Crippen LogP contribution is 2.04. The zero-order chi connectivity index (χ0) is 14.2. The molecule has 0 saturated carbocycles. The van der Waals surface area contributed by atoms with Crippen LogP contribution in [0, 0.1) is 0 Å². The molecular formula is C16H14N2O2. The van der Waals surface area contributed by atoms with E-state index in [9.17, 15) is 4.79 Å². The summed E-state index contributed by atoms with van der Waals surface area (Å²) in [4.78, 5) is 14.9. The topological polar surface area (TPSA) is 62.7 Å². The lowest BCUT2D eigenvalue weighted by Gasteiger charge is -2.02. The van der Waals surface area contributed by atoms with Crippen LogP contribution in [-0.2, 0) is 22.6 Å². The van der Waals surface area contributed by atoms with Crippen LogP contribution in [0.4, 0.5) is 0 Å². The Morgan fingerprint density at radius 2 is 1.50 bits per heavy atom. The van der Waals surface area contributed by atoms with Gasteiger partial charge in [0, 0.05) is 0 Å². The maximum absolute atomic E-state index is 11.8. The number of esters is 1. The molecule has 0 aliphatic heterocycles. The predicted molar refractivity (Wildman–Crippen MR) is 75.0 cm³/mol. The second-order valence-corrected chi connectivity index (χ2v) is 4.27. The van der Waals surface area contributed by atoms with E-state index in [0.29, 0.717) is 0 Å². The molecule has 0 saturated heterocycles. The van der Waals surface area contributed by atoms with Crippen molar-refractivity contribution in [2.75, 3.05) is 0 Å². The predicted octanol–water partition coefficient (Wildman–Crippen LogP) is 2.64. The van der Waals surface area contributed by atoms with Gasteiger partial charge in [0.1, 0.15) is 6.61 Å². The fourth-order valence-electron chi connectivity index (χ4n) is 1.74. The van der Waals surface area contributed by atoms with E-state index in [0.717, 1.165) is 11.1 Å². The van der Waals surface area contributed by atoms with Gasteiger partial charge >= 0.3 is 11.7 Å². The van der Waals surface area contributed by atoms with E-state index in [2.05, 4.69) is 4.79 Å². The van der Waals surface area contributed by atoms with E-state index in [4.69, 9.17) is 10.3 Å². The molecule has 0 spiro atoms. The standard InChI is InChI=1S/C16H14N2O2/c17-18-15(11-13-7-3-1-4-8-13)16(19)20-12-14-9-5-2-6-10-14/h1-10H,11-12H2. The maximum atomic E-state index is 11.8. The monoisotopic (exact) mass is 266 g/mol. The van der Waals surface area contributed by atoms with Gasteiger partial charge in [0.2, 0.25) is 0 Å². The first-order valence-electron chi connectivity index (χ1n) is 6.25. The van der Waals surface area contributed by atoms with Crippen molar-refractivity contribution in [1.82, 2.24) is 0 Å². The molecule has 2 rings (SSSR count). The largest absolute Gasteiger partial charge is 0.452 e. The van der Waals surface area contributed by atoms with Gasteiger partial charge in [0.25, 0.3) is 0 Å². The molecule has 2 aromatic rings. The van der Waals surface area contributed by atoms with Gasteiger partial charge in [-0.25, -0.2) is 4.79 Å². The lowest BCUT2D eigenvalue weighted by Crippen LogP contribution is -2.20. The molecule has 0 bridgehead atoms. The molecule has 0 N–H and O–H groups in total. The van der Waals surface area contributed by atoms with Gasteiger partial charge < -0.3 is 10.3 Å². The third-order valence-electron chi connectivity index (χ3n) is 2.78. The van der Waals surface area contributed by atoms with E-state index in [1.54, 1.807) is 0 Å². The van der Waals surface area contributed by atoms with Gasteiger partial charge in [0.05, 0.1) is 6.42 Å². The summed E-state index contributed by atoms with van der Waals surface area (Å²) in [6.45, 7) is 0.160. The number of carbonyl (C=O) groups is 1. The first kappa shape index (κ1) is 13.7. The minimum Gasteiger partial charge on any atom is -0.452 e. The number of ether oxygens (including phenoxy) is 1. The third kappa shape index (κ3) is 3.90. The zero-order valence-electron chi connectivity index (χ0n) is 10.9. The highest BCUT2D eigenvalue weighted by molar-refractivity contribution is 6.34. The number of benzene rings is 2. The van der Waals surface area contributed by atoms with E-state index in [-0.39, 0.29) is 18.7 Å². The SMILES string of the molecule is [N-]=[N+]=C(Cc1ccccc1)C(=O)OCc1ccccc1. The molecule has 0 heterocycles. The summed E-state index contributed by atoms with van der Waals surface area (Å²) < 4.78 is 5.12. The van der Waals surface area contributed by atoms with Crippen LogP contribution in [0.1, 0.15) is 11.1 Å². The van der Waals surface area contributed by atoms with Gasteiger partial charge in [-0.1, -0.05) is 60.7 Å². The molecule has 4 heteroatoms. The summed E-state index contributed by atoms with van der Waals surface area (Å²) in [7, 11) is 0. The molecule has 0 radical (unpaired) electrons. The van der Waals surface area contributed by atoms with Crippen LogP contribution >= 0.6 is 0 Å². The summed E-state index contributed by atoms with van der Waals surface area (Å²) in [5, 5.41) is 0. The Balaban J connectivity index is 1.95. The van der Waals surface area contributed by atoms with Crippen molar-refractivity contribution in [2.24, 2.45) is 0 Å². The quantitative estimate of drug-likeness (QED) is 0.361. The number of nitrogens with zero attached hydrogens (tertiary/aromatic N) is 2. The van der Waals surface area contributed by atoms with Gasteiger partial charge in [-0.15, -0.1) is 0 Å². The normalized spacial score (nSPS) is 9.60. The van der Waals surface area contributed by atoms with Gasteiger partial charge in [-0.2, -0.15) is 4.79 Å². The zero-order valence-corrected chi connectivity index (χ0v) is 10.9. The fraction of sp³-hybridized carbons (Fsp3) is 0.125. The van der Waals surface area contributed by atoms with Crippen LogP contribution in [0.15, 0.2) is 60.7 Å². The van der Waals surface area contributed by atoms with Crippen molar-refractivity contribution >= 4 is 11.7 Å². The van der Waals surface area contributed by atoms with Crippen molar-refractivity contribution in [3.05, 3.63) is 77.3 Å². The highest BCUT2D eigenvalue weighted by atomic mass is 16.5. The minimum absolute atomic E-state index is 0.00729. The summed E-state index contributed by atoms with van der Waals surface area (Å²) >= 11 is 0. The second kappa shape index (κ2) is 7.02. The fourth-order valence-corrected chi connectivity index (χ4v) is 1.74. The summed E-state index contributed by atoms with van der Waals surface area (Å²) in [6.07, 6.45) is 0.241. The maximum Gasteiger partial charge on any atom is 0.417 e. The molecule has 0 aliphatic rings. The number of hydrogen-bond donors (Lipinski definition) is 0. The molecule has 100 valence electrons. The molecule has 4 nitrogen and oxygen atoms in total. The van der Waals surface area contributed by atoms with Crippen molar-refractivity contribution in [1.29, 1.82) is 0 Å². The van der Waals surface area contributed by atoms with E-state index in [1.807, 2.05) is 60.7 Å². The van der Waals surface area contributed by atoms with Crippen LogP contribution < -0.4 is 0 Å². The smallest absolute Gasteiger partial charge is 0.417 e. The Hall–Kier alpha value is -2.71. The number of hydrogen-bond acceptors (Lipinski definition) is 2. The van der Waals surface area contributed by atoms with Crippen LogP contribution in [-0.4, -0.2) is 16.5 Å². The molecule has 0 atom stereocenters. The lowest BCUT2D eigenvalue weighted by molar-refractivity contribution is -0.141. The van der Waals surface area contributed by atoms with Gasteiger partial charge in [0.15, 0.2) is 0 Å². The highest BCUT2D eigenvalue weighted by Gasteiger charge is 2.22. The van der Waals surface area contributed by atoms with Gasteiger partial charge in [-0.05, 0) is 11.1 Å². The molecule has 0 unspecified atom stereocenters. The molecule has 2 aromatic carbocycles. The summed E-state index contributed by atoms with van der Waals surface area (Å²) in [6, 6.07) is 18.7. The second-order valence-electron chi connectivity index (χ2n) is 4.27. The Morgan fingerprint density at radius 1 is 0.950 bits per heavy atom. The lowest BCUT2D eigenvalue weighted by atomic mass is 10.1. The Bertz CT molecular complexity index is 617. The van der Waals surface area contributed by atoms with Crippen molar-refractivity contribution < 1.29 is 14.3 Å². The number of rotatable bonds is 5. The summed E-state index contributed by atoms with van der Waals surface area (Å²) in [5.74, 6) is -0.611. The van der Waals surface area contributed by atoms with Crippen LogP contribution in [0.3, 0.4) is 0 Å². The molecule has 0 aliphatic carbocycles. The Kier molecular flexibility index (Phi) is 4.81. The first-order valence-corrected chi connectivity index (χ1v) is 6.25. The first-order chi connectivity index (χ1) is 9.79. The van der Waals surface area contributed by atoms with Crippen molar-refractivity contribution in [2.45, 2.75) is 13.0 Å². The minimum atomic E-state index is -0.611. The number of carbonyl (C=O) groups excluding carboxylic acids is 1. The molecule has 20 heavy (non-hydrogen) atoms. The molecule has 0 fully saturated rings. The third-order valence-corrected chi connectivity index (χ3v) is 2.78. The van der Waals surface area contributed by atoms with Crippen LogP contribution in [0.25, 0.3) is 5.53 Å².